The Hall–Kier alpha value is -0.240. The molecule has 0 saturated heterocycles. The molecule has 0 unspecified atom stereocenters. The molecule has 82 valence electrons. The fourth-order valence-electron chi connectivity index (χ4n) is 1.20. The second kappa shape index (κ2) is 8.10. The molecule has 0 fully saturated rings. The van der Waals surface area contributed by atoms with Crippen molar-refractivity contribution in [1.82, 2.24) is 0 Å². The summed E-state index contributed by atoms with van der Waals surface area (Å²) in [5.41, 5.74) is 0. The van der Waals surface area contributed by atoms with Crippen molar-refractivity contribution in [1.29, 1.82) is 5.26 Å². The molecular formula is C10H19NO2S. The molecule has 0 rings (SSSR count). The van der Waals surface area contributed by atoms with Crippen LogP contribution in [0.4, 0.5) is 0 Å². The highest BCUT2D eigenvalue weighted by Gasteiger charge is 2.31. The van der Waals surface area contributed by atoms with Gasteiger partial charge in [0.05, 0.1) is 0 Å². The molecule has 0 saturated carbocycles. The van der Waals surface area contributed by atoms with E-state index in [1.54, 1.807) is 0 Å². The highest BCUT2D eigenvalue weighted by atomic mass is 32.2. The van der Waals surface area contributed by atoms with E-state index in [2.05, 4.69) is 12.3 Å². The van der Waals surface area contributed by atoms with Crippen LogP contribution in [0.5, 0.6) is 0 Å². The summed E-state index contributed by atoms with van der Waals surface area (Å²) in [5, 5.41) is 10.0. The zero-order chi connectivity index (χ0) is 10.9. The van der Waals surface area contributed by atoms with Crippen LogP contribution < -0.4 is 0 Å². The number of rotatable bonds is 8. The van der Waals surface area contributed by atoms with Gasteiger partial charge in [-0.25, -0.2) is 0 Å². The first-order valence-electron chi connectivity index (χ1n) is 5.09. The third-order valence-corrected chi connectivity index (χ3v) is 2.61. The Bertz CT molecular complexity index is 173. The minimum absolute atomic E-state index is 0.568. The van der Waals surface area contributed by atoms with Crippen molar-refractivity contribution in [3.63, 3.8) is 0 Å². The van der Waals surface area contributed by atoms with E-state index in [4.69, 9.17) is 14.7 Å². The SMILES string of the molecule is CCCCC(OCC)(OCC)SC#N. The molecule has 0 radical (unpaired) electrons. The third-order valence-electron chi connectivity index (χ3n) is 1.77. The molecule has 0 atom stereocenters. The predicted molar refractivity (Wildman–Crippen MR) is 58.7 cm³/mol. The Morgan fingerprint density at radius 1 is 1.21 bits per heavy atom. The lowest BCUT2D eigenvalue weighted by Gasteiger charge is -2.29. The molecule has 0 spiro atoms. The summed E-state index contributed by atoms with van der Waals surface area (Å²) >= 11 is 1.07. The van der Waals surface area contributed by atoms with Crippen molar-refractivity contribution in [2.45, 2.75) is 45.2 Å². The fraction of sp³-hybridized carbons (Fsp3) is 0.900. The van der Waals surface area contributed by atoms with Crippen molar-refractivity contribution in [3.05, 3.63) is 0 Å². The molecule has 0 aliphatic carbocycles. The molecule has 0 aromatic carbocycles. The van der Waals surface area contributed by atoms with Crippen molar-refractivity contribution in [2.75, 3.05) is 13.2 Å². The predicted octanol–water partition coefficient (Wildman–Crippen LogP) is 3.12. The van der Waals surface area contributed by atoms with Gasteiger partial charge in [-0.05, 0) is 20.3 Å². The Morgan fingerprint density at radius 2 is 1.79 bits per heavy atom. The second-order valence-corrected chi connectivity index (χ2v) is 3.85. The van der Waals surface area contributed by atoms with Crippen molar-refractivity contribution in [3.8, 4) is 5.40 Å². The van der Waals surface area contributed by atoms with E-state index >= 15 is 0 Å². The van der Waals surface area contributed by atoms with Gasteiger partial charge in [0.2, 0.25) is 5.12 Å². The Morgan fingerprint density at radius 3 is 2.14 bits per heavy atom. The van der Waals surface area contributed by atoms with Gasteiger partial charge in [-0.1, -0.05) is 13.3 Å². The van der Waals surface area contributed by atoms with E-state index < -0.39 is 5.12 Å². The third kappa shape index (κ3) is 4.85. The van der Waals surface area contributed by atoms with Crippen molar-refractivity contribution in [2.24, 2.45) is 0 Å². The van der Waals surface area contributed by atoms with E-state index in [1.165, 1.54) is 0 Å². The largest absolute Gasteiger partial charge is 0.341 e. The summed E-state index contributed by atoms with van der Waals surface area (Å²) in [4.78, 5) is 0. The Labute approximate surface area is 90.8 Å². The number of nitriles is 1. The van der Waals surface area contributed by atoms with Gasteiger partial charge in [0.15, 0.2) is 0 Å². The zero-order valence-corrected chi connectivity index (χ0v) is 10.0. The van der Waals surface area contributed by atoms with Gasteiger partial charge in [-0.15, -0.1) is 0 Å². The maximum atomic E-state index is 8.71. The molecule has 0 amide bonds. The minimum atomic E-state index is -0.742. The molecule has 0 bridgehead atoms. The first-order valence-corrected chi connectivity index (χ1v) is 5.91. The van der Waals surface area contributed by atoms with E-state index in [0.717, 1.165) is 31.0 Å². The van der Waals surface area contributed by atoms with Crippen LogP contribution in [-0.2, 0) is 9.47 Å². The molecule has 0 N–H and O–H groups in total. The Kier molecular flexibility index (Phi) is 7.96. The van der Waals surface area contributed by atoms with Crippen LogP contribution in [0.25, 0.3) is 0 Å². The summed E-state index contributed by atoms with van der Waals surface area (Å²) in [6.07, 6.45) is 2.85. The maximum absolute atomic E-state index is 8.71. The molecule has 0 aliphatic rings. The van der Waals surface area contributed by atoms with Crippen LogP contribution >= 0.6 is 11.8 Å². The van der Waals surface area contributed by atoms with Crippen LogP contribution in [0.1, 0.15) is 40.0 Å². The van der Waals surface area contributed by atoms with Gasteiger partial charge in [0, 0.05) is 31.4 Å². The van der Waals surface area contributed by atoms with E-state index in [-0.39, 0.29) is 0 Å². The molecule has 14 heavy (non-hydrogen) atoms. The molecule has 0 aliphatic heterocycles. The summed E-state index contributed by atoms with van der Waals surface area (Å²) in [7, 11) is 0. The normalized spacial score (nSPS) is 11.3. The zero-order valence-electron chi connectivity index (χ0n) is 9.21. The van der Waals surface area contributed by atoms with Crippen molar-refractivity contribution >= 4 is 11.8 Å². The molecule has 0 heterocycles. The highest BCUT2D eigenvalue weighted by molar-refractivity contribution is 8.04. The quantitative estimate of drug-likeness (QED) is 0.463. The van der Waals surface area contributed by atoms with Gasteiger partial charge in [0.25, 0.3) is 0 Å². The lowest BCUT2D eigenvalue weighted by molar-refractivity contribution is -0.169. The summed E-state index contributed by atoms with van der Waals surface area (Å²) in [6, 6.07) is 0. The lowest BCUT2D eigenvalue weighted by atomic mass is 10.2. The van der Waals surface area contributed by atoms with Crippen LogP contribution in [0.2, 0.25) is 0 Å². The van der Waals surface area contributed by atoms with Gasteiger partial charge >= 0.3 is 0 Å². The van der Waals surface area contributed by atoms with Crippen LogP contribution in [0.15, 0.2) is 0 Å². The van der Waals surface area contributed by atoms with Crippen LogP contribution in [0.3, 0.4) is 0 Å². The van der Waals surface area contributed by atoms with Gasteiger partial charge in [-0.3, -0.25) is 0 Å². The number of nitrogens with zero attached hydrogens (tertiary/aromatic N) is 1. The number of unbranched alkanes of at least 4 members (excludes halogenated alkanes) is 1. The first kappa shape index (κ1) is 13.8. The highest BCUT2D eigenvalue weighted by Crippen LogP contribution is 2.33. The number of ether oxygens (including phenoxy) is 2. The molecule has 0 aromatic heterocycles. The number of thioether (sulfide) groups is 1. The van der Waals surface area contributed by atoms with Crippen LogP contribution in [0, 0.1) is 10.7 Å². The number of hydrogen-bond donors (Lipinski definition) is 0. The Balaban J connectivity index is 4.31. The molecular weight excluding hydrogens is 198 g/mol. The average Bonchev–Trinajstić information content (AvgIpc) is 2.16. The van der Waals surface area contributed by atoms with Crippen LogP contribution in [-0.4, -0.2) is 18.3 Å². The van der Waals surface area contributed by atoms with E-state index in [1.807, 2.05) is 13.8 Å². The molecule has 3 nitrogen and oxygen atoms in total. The van der Waals surface area contributed by atoms with E-state index in [9.17, 15) is 0 Å². The topological polar surface area (TPSA) is 42.2 Å². The summed E-state index contributed by atoms with van der Waals surface area (Å²) in [5.74, 6) is 0. The molecule has 0 aromatic rings. The lowest BCUT2D eigenvalue weighted by Crippen LogP contribution is -2.32. The second-order valence-electron chi connectivity index (χ2n) is 2.85. The number of thiocyanates is 1. The van der Waals surface area contributed by atoms with Crippen molar-refractivity contribution < 1.29 is 9.47 Å². The average molecular weight is 217 g/mol. The van der Waals surface area contributed by atoms with E-state index in [0.29, 0.717) is 13.2 Å². The maximum Gasteiger partial charge on any atom is 0.231 e. The summed E-state index contributed by atoms with van der Waals surface area (Å²) in [6.45, 7) is 7.08. The van der Waals surface area contributed by atoms with Gasteiger partial charge in [-0.2, -0.15) is 5.26 Å². The summed E-state index contributed by atoms with van der Waals surface area (Å²) < 4.78 is 11.1. The minimum Gasteiger partial charge on any atom is -0.341 e. The van der Waals surface area contributed by atoms with Gasteiger partial charge < -0.3 is 9.47 Å². The molecule has 4 heteroatoms. The monoisotopic (exact) mass is 217 g/mol. The smallest absolute Gasteiger partial charge is 0.231 e. The van der Waals surface area contributed by atoms with Gasteiger partial charge in [0.1, 0.15) is 5.40 Å². The first-order chi connectivity index (χ1) is 6.74. The standard InChI is InChI=1S/C10H19NO2S/c1-4-7-8-10(12-5-2,13-6-3)14-9-11/h4-8H2,1-3H3. The number of hydrogen-bond acceptors (Lipinski definition) is 4. The fourth-order valence-corrected chi connectivity index (χ4v) is 1.94.